The zero-order valence-corrected chi connectivity index (χ0v) is 9.53. The molecule has 1 heterocycles. The van der Waals surface area contributed by atoms with Crippen molar-refractivity contribution < 1.29 is 4.57 Å². The van der Waals surface area contributed by atoms with Crippen LogP contribution in [0, 0.1) is 0 Å². The number of hydrogen-bond donors (Lipinski definition) is 0. The molecule has 78 valence electrons. The summed E-state index contributed by atoms with van der Waals surface area (Å²) in [4.78, 5) is 0. The Balaban J connectivity index is 2.83. The Kier molecular flexibility index (Phi) is 4.44. The molecule has 0 unspecified atom stereocenters. The van der Waals surface area contributed by atoms with Crippen molar-refractivity contribution in [2.24, 2.45) is 0 Å². The van der Waals surface area contributed by atoms with Crippen molar-refractivity contribution in [3.63, 3.8) is 0 Å². The monoisotopic (exact) mass is 193 g/mol. The smallest absolute Gasteiger partial charge is 0.234 e. The third-order valence-corrected chi connectivity index (χ3v) is 2.42. The number of hydrogen-bond acceptors (Lipinski definition) is 0. The van der Waals surface area contributed by atoms with E-state index in [0.29, 0.717) is 0 Å². The minimum absolute atomic E-state index is 1.08. The van der Waals surface area contributed by atoms with E-state index in [9.17, 15) is 0 Å². The lowest BCUT2D eigenvalue weighted by molar-refractivity contribution is -0.703. The van der Waals surface area contributed by atoms with Crippen molar-refractivity contribution in [1.82, 2.24) is 4.57 Å². The summed E-state index contributed by atoms with van der Waals surface area (Å²) in [5.41, 5.74) is 0. The number of imidazole rings is 1. The zero-order chi connectivity index (χ0) is 10.4. The average molecular weight is 193 g/mol. The highest BCUT2D eigenvalue weighted by Crippen LogP contribution is 1.99. The number of aryl methyl sites for hydroxylation is 1. The van der Waals surface area contributed by atoms with Gasteiger partial charge in [-0.05, 0) is 19.4 Å². The first-order valence-electron chi connectivity index (χ1n) is 5.55. The number of aromatic nitrogens is 2. The van der Waals surface area contributed by atoms with E-state index in [-0.39, 0.29) is 0 Å². The van der Waals surface area contributed by atoms with Crippen LogP contribution < -0.4 is 4.57 Å². The topological polar surface area (TPSA) is 8.81 Å². The van der Waals surface area contributed by atoms with E-state index in [1.54, 1.807) is 0 Å². The van der Waals surface area contributed by atoms with E-state index in [1.807, 2.05) is 0 Å². The molecule has 1 aromatic heterocycles. The van der Waals surface area contributed by atoms with E-state index in [1.165, 1.54) is 18.7 Å². The molecule has 0 radical (unpaired) electrons. The van der Waals surface area contributed by atoms with Gasteiger partial charge in [-0.2, -0.15) is 0 Å². The molecule has 0 saturated carbocycles. The van der Waals surface area contributed by atoms with Crippen molar-refractivity contribution in [3.8, 4) is 0 Å². The minimum Gasteiger partial charge on any atom is -0.234 e. The van der Waals surface area contributed by atoms with Crippen molar-refractivity contribution in [1.29, 1.82) is 0 Å². The fourth-order valence-corrected chi connectivity index (χ4v) is 1.69. The Morgan fingerprint density at radius 2 is 2.21 bits per heavy atom. The van der Waals surface area contributed by atoms with Crippen molar-refractivity contribution in [2.75, 3.05) is 0 Å². The first-order valence-corrected chi connectivity index (χ1v) is 5.55. The molecule has 14 heavy (non-hydrogen) atoms. The van der Waals surface area contributed by atoms with Crippen LogP contribution in [0.25, 0.3) is 6.20 Å². The molecule has 2 heteroatoms. The average Bonchev–Trinajstić information content (AvgIpc) is 2.58. The molecule has 0 amide bonds. The van der Waals surface area contributed by atoms with Crippen LogP contribution in [-0.4, -0.2) is 4.57 Å². The van der Waals surface area contributed by atoms with Crippen LogP contribution in [0.1, 0.15) is 39.4 Å². The summed E-state index contributed by atoms with van der Waals surface area (Å²) in [6.45, 7) is 7.63. The Morgan fingerprint density at radius 3 is 2.79 bits per heavy atom. The molecular weight excluding hydrogens is 172 g/mol. The van der Waals surface area contributed by atoms with Crippen molar-refractivity contribution in [2.45, 2.75) is 46.6 Å². The molecule has 1 rings (SSSR count). The van der Waals surface area contributed by atoms with Gasteiger partial charge in [-0.1, -0.05) is 20.3 Å². The molecule has 1 aromatic rings. The summed E-state index contributed by atoms with van der Waals surface area (Å²) in [6, 6.07) is 0. The van der Waals surface area contributed by atoms with Crippen molar-refractivity contribution >= 4 is 6.20 Å². The molecular formula is C12H21N2+. The van der Waals surface area contributed by atoms with Crippen LogP contribution in [0.15, 0.2) is 18.5 Å². The van der Waals surface area contributed by atoms with Crippen LogP contribution in [0.2, 0.25) is 0 Å². The van der Waals surface area contributed by atoms with Crippen LogP contribution in [0.3, 0.4) is 0 Å². The van der Waals surface area contributed by atoms with Gasteiger partial charge in [-0.15, -0.1) is 0 Å². The highest BCUT2D eigenvalue weighted by molar-refractivity contribution is 5.21. The first kappa shape index (κ1) is 11.0. The van der Waals surface area contributed by atoms with Gasteiger partial charge in [0.05, 0.1) is 12.7 Å². The molecule has 0 bridgehead atoms. The lowest BCUT2D eigenvalue weighted by atomic mass is 10.3. The van der Waals surface area contributed by atoms with Crippen LogP contribution in [0.5, 0.6) is 0 Å². The molecule has 0 atom stereocenters. The van der Waals surface area contributed by atoms with Gasteiger partial charge in [0.25, 0.3) is 5.82 Å². The normalized spacial score (nSPS) is 11.4. The molecule has 0 aliphatic rings. The highest BCUT2D eigenvalue weighted by Gasteiger charge is 2.11. The largest absolute Gasteiger partial charge is 0.260 e. The number of nitrogens with zero attached hydrogens (tertiary/aromatic N) is 2. The second-order valence-corrected chi connectivity index (χ2v) is 3.50. The summed E-state index contributed by atoms with van der Waals surface area (Å²) in [6.07, 6.45) is 12.1. The molecule has 0 fully saturated rings. The fraction of sp³-hybridized carbons (Fsp3) is 0.583. The summed E-state index contributed by atoms with van der Waals surface area (Å²) in [7, 11) is 0. The Bertz CT molecular complexity index is 297. The third kappa shape index (κ3) is 2.47. The fourth-order valence-electron chi connectivity index (χ4n) is 1.69. The summed E-state index contributed by atoms with van der Waals surface area (Å²) in [5.74, 6) is 1.39. The maximum atomic E-state index is 2.35. The van der Waals surface area contributed by atoms with Gasteiger partial charge in [0, 0.05) is 6.42 Å². The molecule has 0 aliphatic heterocycles. The minimum atomic E-state index is 1.08. The highest BCUT2D eigenvalue weighted by atomic mass is 15.1. The van der Waals surface area contributed by atoms with Crippen molar-refractivity contribution in [3.05, 3.63) is 24.3 Å². The zero-order valence-electron chi connectivity index (χ0n) is 9.53. The van der Waals surface area contributed by atoms with E-state index < -0.39 is 0 Å². The van der Waals surface area contributed by atoms with Crippen LogP contribution in [0.4, 0.5) is 0 Å². The number of rotatable bonds is 5. The van der Waals surface area contributed by atoms with Gasteiger partial charge < -0.3 is 0 Å². The van der Waals surface area contributed by atoms with Crippen LogP contribution in [-0.2, 0) is 13.0 Å². The Hall–Kier alpha value is -1.05. The number of allylic oxidation sites excluding steroid dienone is 1. The molecule has 0 N–H and O–H groups in total. The van der Waals surface area contributed by atoms with Crippen LogP contribution >= 0.6 is 0 Å². The quantitative estimate of drug-likeness (QED) is 0.636. The summed E-state index contributed by atoms with van der Waals surface area (Å²) < 4.78 is 4.55. The first-order chi connectivity index (χ1) is 6.83. The lowest BCUT2D eigenvalue weighted by Crippen LogP contribution is -2.36. The van der Waals surface area contributed by atoms with E-state index in [0.717, 1.165) is 13.0 Å². The maximum absolute atomic E-state index is 2.35. The molecule has 0 aliphatic carbocycles. The second kappa shape index (κ2) is 5.63. The van der Waals surface area contributed by atoms with Gasteiger partial charge in [0.15, 0.2) is 0 Å². The second-order valence-electron chi connectivity index (χ2n) is 3.50. The van der Waals surface area contributed by atoms with Gasteiger partial charge in [-0.25, -0.2) is 9.13 Å². The Morgan fingerprint density at radius 1 is 1.43 bits per heavy atom. The molecule has 0 saturated heterocycles. The van der Waals surface area contributed by atoms with Gasteiger partial charge in [-0.3, -0.25) is 0 Å². The maximum Gasteiger partial charge on any atom is 0.260 e. The predicted octanol–water partition coefficient (Wildman–Crippen LogP) is 2.63. The molecule has 0 spiro atoms. The number of unbranched alkanes of at least 4 members (excludes halogenated alkanes) is 1. The standard InChI is InChI=1S/C12H21N2/c1-4-7-9-14-11-10-13(8-5-2)12(14)6-3/h5,8,10-11H,4,6-7,9H2,1-3H3/q+1. The van der Waals surface area contributed by atoms with Gasteiger partial charge in [0.1, 0.15) is 12.4 Å². The van der Waals surface area contributed by atoms with E-state index in [4.69, 9.17) is 0 Å². The Labute approximate surface area is 86.9 Å². The van der Waals surface area contributed by atoms with E-state index >= 15 is 0 Å². The predicted molar refractivity (Wildman–Crippen MR) is 59.9 cm³/mol. The SMILES string of the molecule is CC=Cn1cc[n+](CCCC)c1CC. The van der Waals surface area contributed by atoms with Gasteiger partial charge >= 0.3 is 0 Å². The third-order valence-electron chi connectivity index (χ3n) is 2.42. The van der Waals surface area contributed by atoms with Gasteiger partial charge in [0.2, 0.25) is 0 Å². The lowest BCUT2D eigenvalue weighted by Gasteiger charge is -1.99. The summed E-state index contributed by atoms with van der Waals surface area (Å²) in [5, 5.41) is 0. The molecule has 2 nitrogen and oxygen atoms in total. The summed E-state index contributed by atoms with van der Waals surface area (Å²) >= 11 is 0. The molecule has 0 aromatic carbocycles. The van der Waals surface area contributed by atoms with E-state index in [2.05, 4.69) is 54.6 Å².